The molecule has 150 valence electrons. The maximum Gasteiger partial charge on any atom is 0.119 e. The first-order valence-corrected chi connectivity index (χ1v) is 11.2. The van der Waals surface area contributed by atoms with Gasteiger partial charge in [0, 0.05) is 0 Å². The van der Waals surface area contributed by atoms with E-state index in [1.807, 2.05) is 0 Å². The summed E-state index contributed by atoms with van der Waals surface area (Å²) in [6, 6.07) is 3.51. The second-order valence-electron chi connectivity index (χ2n) is 7.85. The van der Waals surface area contributed by atoms with E-state index in [4.69, 9.17) is 0 Å². The van der Waals surface area contributed by atoms with Crippen LogP contribution in [0.4, 0.5) is 0 Å². The first-order valence-electron chi connectivity index (χ1n) is 11.2. The molecule has 0 unspecified atom stereocenters. The Kier molecular flexibility index (Phi) is 13.1. The van der Waals surface area contributed by atoms with Gasteiger partial charge in [0.2, 0.25) is 0 Å². The van der Waals surface area contributed by atoms with Crippen molar-refractivity contribution >= 4 is 0 Å². The van der Waals surface area contributed by atoms with Gasteiger partial charge in [0.05, 0.1) is 0 Å². The summed E-state index contributed by atoms with van der Waals surface area (Å²) < 4.78 is 0. The Morgan fingerprint density at radius 3 is 1.31 bits per heavy atom. The summed E-state index contributed by atoms with van der Waals surface area (Å²) in [5.74, 6) is 0.694. The van der Waals surface area contributed by atoms with Crippen LogP contribution in [0.5, 0.6) is 11.5 Å². The van der Waals surface area contributed by atoms with Crippen molar-refractivity contribution in [1.29, 1.82) is 0 Å². The summed E-state index contributed by atoms with van der Waals surface area (Å²) >= 11 is 0. The van der Waals surface area contributed by atoms with Gasteiger partial charge in [-0.2, -0.15) is 0 Å². The molecule has 0 saturated carbocycles. The average molecular weight is 363 g/mol. The van der Waals surface area contributed by atoms with Gasteiger partial charge in [-0.3, -0.25) is 0 Å². The van der Waals surface area contributed by atoms with E-state index in [0.29, 0.717) is 11.5 Å². The average Bonchev–Trinajstić information content (AvgIpc) is 2.63. The van der Waals surface area contributed by atoms with E-state index < -0.39 is 0 Å². The number of hydrogen-bond acceptors (Lipinski definition) is 2. The van der Waals surface area contributed by atoms with Gasteiger partial charge >= 0.3 is 0 Å². The van der Waals surface area contributed by atoms with Crippen LogP contribution in [0.2, 0.25) is 0 Å². The van der Waals surface area contributed by atoms with E-state index in [9.17, 15) is 10.2 Å². The molecule has 0 aliphatic rings. The minimum Gasteiger partial charge on any atom is -0.508 e. The van der Waals surface area contributed by atoms with Crippen molar-refractivity contribution in [2.75, 3.05) is 0 Å². The lowest BCUT2D eigenvalue weighted by Crippen LogP contribution is -1.91. The zero-order valence-corrected chi connectivity index (χ0v) is 17.4. The minimum atomic E-state index is 0.342. The predicted molar refractivity (Wildman–Crippen MR) is 113 cm³/mol. The first kappa shape index (κ1) is 22.9. The molecule has 0 aliphatic heterocycles. The Balaban J connectivity index is 2.01. The maximum atomic E-state index is 10.1. The lowest BCUT2D eigenvalue weighted by atomic mass is 10.00. The molecule has 1 rings (SSSR count). The third kappa shape index (κ3) is 10.1. The van der Waals surface area contributed by atoms with Gasteiger partial charge in [0.25, 0.3) is 0 Å². The van der Waals surface area contributed by atoms with Crippen molar-refractivity contribution in [3.05, 3.63) is 23.3 Å². The number of benzene rings is 1. The minimum absolute atomic E-state index is 0.342. The van der Waals surface area contributed by atoms with Crippen LogP contribution in [0.3, 0.4) is 0 Å². The third-order valence-corrected chi connectivity index (χ3v) is 5.35. The fraction of sp³-hybridized carbons (Fsp3) is 0.750. The highest BCUT2D eigenvalue weighted by atomic mass is 16.3. The van der Waals surface area contributed by atoms with Gasteiger partial charge < -0.3 is 10.2 Å². The van der Waals surface area contributed by atoms with E-state index in [1.165, 1.54) is 77.0 Å². The molecule has 0 saturated heterocycles. The van der Waals surface area contributed by atoms with E-state index in [0.717, 1.165) is 36.8 Å². The van der Waals surface area contributed by atoms with Crippen LogP contribution >= 0.6 is 0 Å². The summed E-state index contributed by atoms with van der Waals surface area (Å²) in [6.45, 7) is 4.35. The largest absolute Gasteiger partial charge is 0.508 e. The smallest absolute Gasteiger partial charge is 0.119 e. The van der Waals surface area contributed by atoms with Crippen LogP contribution in [-0.4, -0.2) is 10.2 Å². The molecular formula is C24H42O2. The zero-order chi connectivity index (χ0) is 19.0. The second-order valence-corrected chi connectivity index (χ2v) is 7.85. The monoisotopic (exact) mass is 362 g/mol. The molecule has 2 nitrogen and oxygen atoms in total. The van der Waals surface area contributed by atoms with E-state index in [-0.39, 0.29) is 0 Å². The quantitative estimate of drug-likeness (QED) is 0.234. The van der Waals surface area contributed by atoms with Gasteiger partial charge in [-0.05, 0) is 42.5 Å². The van der Waals surface area contributed by atoms with Crippen LogP contribution in [0.1, 0.15) is 115 Å². The second kappa shape index (κ2) is 14.9. The van der Waals surface area contributed by atoms with Gasteiger partial charge in [-0.25, -0.2) is 0 Å². The summed E-state index contributed by atoms with van der Waals surface area (Å²) in [5.41, 5.74) is 1.75. The number of hydrogen-bond donors (Lipinski definition) is 2. The topological polar surface area (TPSA) is 40.5 Å². The van der Waals surface area contributed by atoms with Crippen LogP contribution in [0.15, 0.2) is 12.1 Å². The third-order valence-electron chi connectivity index (χ3n) is 5.35. The molecule has 0 aliphatic carbocycles. The normalized spacial score (nSPS) is 11.2. The molecule has 0 heterocycles. The molecule has 0 bridgehead atoms. The molecule has 0 fully saturated rings. The highest BCUT2D eigenvalue weighted by Crippen LogP contribution is 2.29. The summed E-state index contributed by atoms with van der Waals surface area (Å²) in [5, 5.41) is 20.2. The van der Waals surface area contributed by atoms with Gasteiger partial charge in [-0.1, -0.05) is 97.3 Å². The van der Waals surface area contributed by atoms with Crippen LogP contribution < -0.4 is 0 Å². The number of aryl methyl sites for hydroxylation is 2. The Hall–Kier alpha value is -1.18. The number of unbranched alkanes of at least 4 members (excludes halogenated alkanes) is 12. The summed E-state index contributed by atoms with van der Waals surface area (Å²) in [7, 11) is 0. The van der Waals surface area contributed by atoms with Crippen molar-refractivity contribution in [3.63, 3.8) is 0 Å². The van der Waals surface area contributed by atoms with Crippen molar-refractivity contribution in [2.24, 2.45) is 0 Å². The van der Waals surface area contributed by atoms with E-state index in [1.54, 1.807) is 12.1 Å². The Morgan fingerprint density at radius 1 is 0.500 bits per heavy atom. The van der Waals surface area contributed by atoms with Crippen LogP contribution in [0.25, 0.3) is 0 Å². The standard InChI is InChI=1S/C24H42O2/c1-3-5-6-7-8-9-10-11-12-13-14-15-16-18-22-20-23(25)21(17-4-2)19-24(22)26/h19-20,25-26H,3-18H2,1-2H3. The van der Waals surface area contributed by atoms with Gasteiger partial charge in [0.1, 0.15) is 11.5 Å². The zero-order valence-electron chi connectivity index (χ0n) is 17.4. The van der Waals surface area contributed by atoms with Crippen molar-refractivity contribution in [3.8, 4) is 11.5 Å². The first-order chi connectivity index (χ1) is 12.7. The molecule has 0 amide bonds. The number of phenols is 2. The molecule has 1 aromatic carbocycles. The number of phenolic OH excluding ortho intramolecular Hbond substituents is 2. The molecule has 0 spiro atoms. The lowest BCUT2D eigenvalue weighted by Gasteiger charge is -2.09. The van der Waals surface area contributed by atoms with Gasteiger partial charge in [0.15, 0.2) is 0 Å². The molecule has 2 heteroatoms. The fourth-order valence-electron chi connectivity index (χ4n) is 3.67. The molecule has 0 aromatic heterocycles. The molecular weight excluding hydrogens is 320 g/mol. The highest BCUT2D eigenvalue weighted by Gasteiger charge is 2.08. The van der Waals surface area contributed by atoms with Crippen molar-refractivity contribution in [2.45, 2.75) is 117 Å². The summed E-state index contributed by atoms with van der Waals surface area (Å²) in [4.78, 5) is 0. The Labute approximate surface area is 162 Å². The SMILES string of the molecule is CCCCCCCCCCCCCCCc1cc(O)c(CCC)cc1O. The molecule has 0 radical (unpaired) electrons. The van der Waals surface area contributed by atoms with Crippen LogP contribution in [-0.2, 0) is 12.8 Å². The van der Waals surface area contributed by atoms with Gasteiger partial charge in [-0.15, -0.1) is 0 Å². The van der Waals surface area contributed by atoms with Crippen molar-refractivity contribution < 1.29 is 10.2 Å². The summed E-state index contributed by atoms with van der Waals surface area (Å²) in [6.07, 6.45) is 20.2. The van der Waals surface area contributed by atoms with Crippen LogP contribution in [0, 0.1) is 0 Å². The molecule has 2 N–H and O–H groups in total. The predicted octanol–water partition coefficient (Wildman–Crippen LogP) is 7.68. The molecule has 26 heavy (non-hydrogen) atoms. The van der Waals surface area contributed by atoms with E-state index in [2.05, 4.69) is 13.8 Å². The number of aromatic hydroxyl groups is 2. The van der Waals surface area contributed by atoms with Crippen molar-refractivity contribution in [1.82, 2.24) is 0 Å². The fourth-order valence-corrected chi connectivity index (χ4v) is 3.67. The Bertz CT molecular complexity index is 468. The highest BCUT2D eigenvalue weighted by molar-refractivity contribution is 5.45. The maximum absolute atomic E-state index is 10.1. The molecule has 0 atom stereocenters. The molecule has 1 aromatic rings. The van der Waals surface area contributed by atoms with E-state index >= 15 is 0 Å². The number of rotatable bonds is 16. The lowest BCUT2D eigenvalue weighted by molar-refractivity contribution is 0.446. The Morgan fingerprint density at radius 2 is 0.885 bits per heavy atom.